The number of nitrogens with zero attached hydrogens (tertiary/aromatic N) is 3. The number of esters is 1. The van der Waals surface area contributed by atoms with Crippen LogP contribution in [0.3, 0.4) is 0 Å². The van der Waals surface area contributed by atoms with E-state index in [1.807, 2.05) is 0 Å². The van der Waals surface area contributed by atoms with Crippen molar-refractivity contribution in [2.45, 2.75) is 6.92 Å². The summed E-state index contributed by atoms with van der Waals surface area (Å²) in [7, 11) is 0. The average Bonchev–Trinajstić information content (AvgIpc) is 2.59. The minimum absolute atomic E-state index is 0.0931. The SMILES string of the molecule is CCOC(=O)C(=CN)c1nn[nH]n1. The number of hydrogen-bond donors (Lipinski definition) is 2. The number of carbonyl (C=O) groups is 1. The number of carbonyl (C=O) groups excluding carboxylic acids is 1. The van der Waals surface area contributed by atoms with Gasteiger partial charge in [-0.25, -0.2) is 4.79 Å². The fourth-order valence-electron chi connectivity index (χ4n) is 0.719. The standard InChI is InChI=1S/C6H9N5O2/c1-2-13-6(12)4(3-7)5-8-10-11-9-5/h3H,2,7H2,1H3,(H,8,9,10,11). The summed E-state index contributed by atoms with van der Waals surface area (Å²) in [6, 6.07) is 0. The molecule has 1 rings (SSSR count). The van der Waals surface area contributed by atoms with Gasteiger partial charge in [0.25, 0.3) is 0 Å². The lowest BCUT2D eigenvalue weighted by molar-refractivity contribution is -0.136. The van der Waals surface area contributed by atoms with Gasteiger partial charge < -0.3 is 10.5 Å². The zero-order valence-electron chi connectivity index (χ0n) is 7.02. The molecule has 0 aliphatic heterocycles. The van der Waals surface area contributed by atoms with E-state index in [1.54, 1.807) is 6.92 Å². The number of nitrogens with two attached hydrogens (primary N) is 1. The molecule has 0 aliphatic rings. The molecule has 1 aromatic heterocycles. The summed E-state index contributed by atoms with van der Waals surface area (Å²) in [5, 5.41) is 12.7. The minimum Gasteiger partial charge on any atom is -0.462 e. The fourth-order valence-corrected chi connectivity index (χ4v) is 0.719. The summed E-state index contributed by atoms with van der Waals surface area (Å²) in [6.45, 7) is 1.97. The first-order valence-electron chi connectivity index (χ1n) is 3.62. The third-order valence-corrected chi connectivity index (χ3v) is 1.25. The molecule has 0 bridgehead atoms. The van der Waals surface area contributed by atoms with E-state index in [1.165, 1.54) is 0 Å². The molecule has 0 atom stereocenters. The first-order chi connectivity index (χ1) is 6.29. The Kier molecular flexibility index (Phi) is 2.96. The summed E-state index contributed by atoms with van der Waals surface area (Å²) in [5.41, 5.74) is 5.30. The second-order valence-corrected chi connectivity index (χ2v) is 2.04. The lowest BCUT2D eigenvalue weighted by Gasteiger charge is -2.00. The molecular formula is C6H9N5O2. The maximum Gasteiger partial charge on any atom is 0.343 e. The number of ether oxygens (including phenoxy) is 1. The highest BCUT2D eigenvalue weighted by Crippen LogP contribution is 2.07. The van der Waals surface area contributed by atoms with Crippen LogP contribution < -0.4 is 5.73 Å². The number of H-pyrrole nitrogens is 1. The summed E-state index contributed by atoms with van der Waals surface area (Å²) in [6.07, 6.45) is 1.09. The van der Waals surface area contributed by atoms with Gasteiger partial charge in [-0.1, -0.05) is 0 Å². The smallest absolute Gasteiger partial charge is 0.343 e. The van der Waals surface area contributed by atoms with Crippen molar-refractivity contribution in [2.75, 3.05) is 6.61 Å². The Morgan fingerprint density at radius 2 is 2.54 bits per heavy atom. The van der Waals surface area contributed by atoms with Gasteiger partial charge in [0, 0.05) is 6.20 Å². The Balaban J connectivity index is 2.82. The predicted molar refractivity (Wildman–Crippen MR) is 43.0 cm³/mol. The second-order valence-electron chi connectivity index (χ2n) is 2.04. The number of aromatic amines is 1. The third kappa shape index (κ3) is 2.01. The van der Waals surface area contributed by atoms with Gasteiger partial charge in [0.2, 0.25) is 5.82 Å². The quantitative estimate of drug-likeness (QED) is 0.462. The monoisotopic (exact) mass is 183 g/mol. The molecule has 1 aromatic rings. The predicted octanol–water partition coefficient (Wildman–Crippen LogP) is -0.938. The zero-order valence-corrected chi connectivity index (χ0v) is 7.02. The molecule has 7 nitrogen and oxygen atoms in total. The van der Waals surface area contributed by atoms with Crippen LogP contribution >= 0.6 is 0 Å². The molecule has 3 N–H and O–H groups in total. The molecule has 7 heteroatoms. The molecule has 70 valence electrons. The Morgan fingerprint density at radius 1 is 1.77 bits per heavy atom. The molecule has 0 spiro atoms. The van der Waals surface area contributed by atoms with Gasteiger partial charge >= 0.3 is 5.97 Å². The fraction of sp³-hybridized carbons (Fsp3) is 0.333. The molecule has 13 heavy (non-hydrogen) atoms. The third-order valence-electron chi connectivity index (χ3n) is 1.25. The van der Waals surface area contributed by atoms with Gasteiger partial charge in [-0.2, -0.15) is 5.21 Å². The normalized spacial score (nSPS) is 11.3. The van der Waals surface area contributed by atoms with Crippen molar-refractivity contribution in [2.24, 2.45) is 5.73 Å². The van der Waals surface area contributed by atoms with Crippen molar-refractivity contribution in [1.82, 2.24) is 20.6 Å². The van der Waals surface area contributed by atoms with Crippen LogP contribution in [0.15, 0.2) is 6.20 Å². The molecular weight excluding hydrogens is 174 g/mol. The molecule has 0 fully saturated rings. The number of rotatable bonds is 3. The van der Waals surface area contributed by atoms with Crippen LogP contribution in [0.25, 0.3) is 5.57 Å². The highest BCUT2D eigenvalue weighted by atomic mass is 16.5. The van der Waals surface area contributed by atoms with E-state index in [9.17, 15) is 4.79 Å². The molecule has 0 aromatic carbocycles. The summed E-state index contributed by atoms with van der Waals surface area (Å²) in [4.78, 5) is 11.2. The van der Waals surface area contributed by atoms with Gasteiger partial charge in [-0.3, -0.25) is 0 Å². The Bertz CT molecular complexity index is 305. The van der Waals surface area contributed by atoms with Gasteiger partial charge in [-0.05, 0) is 12.1 Å². The van der Waals surface area contributed by atoms with E-state index in [0.29, 0.717) is 0 Å². The maximum absolute atomic E-state index is 11.2. The first kappa shape index (κ1) is 9.17. The molecule has 0 aliphatic carbocycles. The van der Waals surface area contributed by atoms with Gasteiger partial charge in [0.05, 0.1) is 6.61 Å². The van der Waals surface area contributed by atoms with Crippen molar-refractivity contribution in [3.8, 4) is 0 Å². The Labute approximate surface area is 74.0 Å². The minimum atomic E-state index is -0.564. The van der Waals surface area contributed by atoms with Gasteiger partial charge in [-0.15, -0.1) is 10.2 Å². The molecule has 0 unspecified atom stereocenters. The molecule has 1 heterocycles. The van der Waals surface area contributed by atoms with E-state index in [-0.39, 0.29) is 18.0 Å². The molecule has 0 radical (unpaired) electrons. The van der Waals surface area contributed by atoms with Crippen LogP contribution in [0.5, 0.6) is 0 Å². The lowest BCUT2D eigenvalue weighted by atomic mass is 10.3. The van der Waals surface area contributed by atoms with E-state index >= 15 is 0 Å². The lowest BCUT2D eigenvalue weighted by Crippen LogP contribution is -2.09. The summed E-state index contributed by atoms with van der Waals surface area (Å²) < 4.78 is 4.71. The van der Waals surface area contributed by atoms with Gasteiger partial charge in [0.1, 0.15) is 5.57 Å². The number of aromatic nitrogens is 4. The topological polar surface area (TPSA) is 107 Å². The first-order valence-corrected chi connectivity index (χ1v) is 3.62. The maximum atomic E-state index is 11.2. The van der Waals surface area contributed by atoms with Crippen LogP contribution in [0, 0.1) is 0 Å². The van der Waals surface area contributed by atoms with Crippen molar-refractivity contribution < 1.29 is 9.53 Å². The molecule has 0 amide bonds. The van der Waals surface area contributed by atoms with Crippen molar-refractivity contribution in [3.05, 3.63) is 12.0 Å². The van der Waals surface area contributed by atoms with E-state index in [4.69, 9.17) is 10.5 Å². The van der Waals surface area contributed by atoms with Crippen LogP contribution in [0.1, 0.15) is 12.7 Å². The molecule has 0 saturated carbocycles. The average molecular weight is 183 g/mol. The van der Waals surface area contributed by atoms with E-state index in [0.717, 1.165) is 6.20 Å². The summed E-state index contributed by atoms with van der Waals surface area (Å²) in [5.74, 6) is -0.438. The number of hydrogen-bond acceptors (Lipinski definition) is 6. The van der Waals surface area contributed by atoms with Crippen LogP contribution in [-0.4, -0.2) is 33.2 Å². The van der Waals surface area contributed by atoms with Gasteiger partial charge in [0.15, 0.2) is 0 Å². The van der Waals surface area contributed by atoms with E-state index < -0.39 is 5.97 Å². The largest absolute Gasteiger partial charge is 0.462 e. The van der Waals surface area contributed by atoms with Crippen molar-refractivity contribution in [3.63, 3.8) is 0 Å². The highest BCUT2D eigenvalue weighted by Gasteiger charge is 2.16. The number of tetrazole rings is 1. The van der Waals surface area contributed by atoms with Crippen LogP contribution in [-0.2, 0) is 9.53 Å². The highest BCUT2D eigenvalue weighted by molar-refractivity contribution is 6.14. The Morgan fingerprint density at radius 3 is 3.00 bits per heavy atom. The number of nitrogens with one attached hydrogen (secondary N) is 1. The zero-order chi connectivity index (χ0) is 9.68. The van der Waals surface area contributed by atoms with Crippen molar-refractivity contribution in [1.29, 1.82) is 0 Å². The molecule has 0 saturated heterocycles. The van der Waals surface area contributed by atoms with Crippen LogP contribution in [0.2, 0.25) is 0 Å². The second kappa shape index (κ2) is 4.19. The van der Waals surface area contributed by atoms with E-state index in [2.05, 4.69) is 20.6 Å². The summed E-state index contributed by atoms with van der Waals surface area (Å²) >= 11 is 0. The van der Waals surface area contributed by atoms with Crippen molar-refractivity contribution >= 4 is 11.5 Å². The van der Waals surface area contributed by atoms with Crippen LogP contribution in [0.4, 0.5) is 0 Å². The Hall–Kier alpha value is -1.92.